The highest BCUT2D eigenvalue weighted by Crippen LogP contribution is 2.22. The Morgan fingerprint density at radius 3 is 2.48 bits per heavy atom. The van der Waals surface area contributed by atoms with E-state index in [9.17, 15) is 13.6 Å². The number of amides is 1. The molecule has 0 spiro atoms. The van der Waals surface area contributed by atoms with Crippen LogP contribution < -0.4 is 4.90 Å². The van der Waals surface area contributed by atoms with E-state index in [2.05, 4.69) is 0 Å². The van der Waals surface area contributed by atoms with Crippen LogP contribution in [0.25, 0.3) is 0 Å². The lowest BCUT2D eigenvalue weighted by atomic mass is 10.1. The fourth-order valence-electron chi connectivity index (χ4n) is 1.95. The Morgan fingerprint density at radius 1 is 1.14 bits per heavy atom. The number of nitrogens with zero attached hydrogens (tertiary/aromatic N) is 1. The predicted octanol–water partition coefficient (Wildman–Crippen LogP) is 3.26. The van der Waals surface area contributed by atoms with Crippen LogP contribution in [0.5, 0.6) is 0 Å². The lowest BCUT2D eigenvalue weighted by molar-refractivity contribution is 0.0975. The van der Waals surface area contributed by atoms with Gasteiger partial charge in [0.1, 0.15) is 11.6 Å². The van der Waals surface area contributed by atoms with Gasteiger partial charge < -0.3 is 9.64 Å². The minimum atomic E-state index is -0.782. The van der Waals surface area contributed by atoms with Gasteiger partial charge in [0.25, 0.3) is 5.91 Å². The van der Waals surface area contributed by atoms with Crippen LogP contribution >= 0.6 is 0 Å². The molecule has 0 saturated carbocycles. The van der Waals surface area contributed by atoms with Gasteiger partial charge in [-0.2, -0.15) is 0 Å². The number of anilines is 1. The minimum Gasteiger partial charge on any atom is -0.383 e. The summed E-state index contributed by atoms with van der Waals surface area (Å²) in [7, 11) is 1.49. The number of hydrogen-bond acceptors (Lipinski definition) is 2. The summed E-state index contributed by atoms with van der Waals surface area (Å²) in [5, 5.41) is 0. The number of methoxy groups -OCH3 is 1. The molecule has 0 aliphatic rings. The van der Waals surface area contributed by atoms with Crippen LogP contribution in [0.1, 0.15) is 10.4 Å². The Labute approximate surface area is 121 Å². The maximum absolute atomic E-state index is 13.9. The molecule has 1 amide bonds. The van der Waals surface area contributed by atoms with Crippen LogP contribution in [-0.2, 0) is 4.74 Å². The van der Waals surface area contributed by atoms with Crippen molar-refractivity contribution in [3.05, 3.63) is 65.7 Å². The highest BCUT2D eigenvalue weighted by molar-refractivity contribution is 6.06. The fourth-order valence-corrected chi connectivity index (χ4v) is 1.95. The van der Waals surface area contributed by atoms with E-state index in [-0.39, 0.29) is 24.7 Å². The molecule has 21 heavy (non-hydrogen) atoms. The summed E-state index contributed by atoms with van der Waals surface area (Å²) in [4.78, 5) is 13.7. The number of carbonyl (C=O) groups excluding carboxylic acids is 1. The number of rotatable bonds is 5. The highest BCUT2D eigenvalue weighted by atomic mass is 19.1. The Hall–Kier alpha value is -2.27. The lowest BCUT2D eigenvalue weighted by Crippen LogP contribution is -2.34. The minimum absolute atomic E-state index is 0.0299. The fraction of sp³-hybridized carbons (Fsp3) is 0.188. The first-order valence-electron chi connectivity index (χ1n) is 6.44. The molecule has 0 saturated heterocycles. The zero-order valence-corrected chi connectivity index (χ0v) is 11.6. The van der Waals surface area contributed by atoms with Crippen LogP contribution in [-0.4, -0.2) is 26.2 Å². The van der Waals surface area contributed by atoms with E-state index in [1.807, 2.05) is 0 Å². The Balaban J connectivity index is 2.36. The summed E-state index contributed by atoms with van der Waals surface area (Å²) in [5.74, 6) is -1.83. The van der Waals surface area contributed by atoms with Crippen LogP contribution in [0.15, 0.2) is 48.5 Å². The van der Waals surface area contributed by atoms with Crippen LogP contribution in [0.4, 0.5) is 14.5 Å². The predicted molar refractivity (Wildman–Crippen MR) is 76.4 cm³/mol. The second-order valence-electron chi connectivity index (χ2n) is 4.41. The highest BCUT2D eigenvalue weighted by Gasteiger charge is 2.20. The van der Waals surface area contributed by atoms with E-state index >= 15 is 0 Å². The number of benzene rings is 2. The quantitative estimate of drug-likeness (QED) is 0.846. The maximum atomic E-state index is 13.9. The van der Waals surface area contributed by atoms with Crippen molar-refractivity contribution in [2.75, 3.05) is 25.2 Å². The molecule has 2 aromatic rings. The van der Waals surface area contributed by atoms with Crippen LogP contribution in [0.2, 0.25) is 0 Å². The Morgan fingerprint density at radius 2 is 1.86 bits per heavy atom. The van der Waals surface area contributed by atoms with Crippen molar-refractivity contribution in [1.29, 1.82) is 0 Å². The molecule has 0 atom stereocenters. The second-order valence-corrected chi connectivity index (χ2v) is 4.41. The van der Waals surface area contributed by atoms with E-state index in [1.165, 1.54) is 18.1 Å². The summed E-state index contributed by atoms with van der Waals surface area (Å²) in [6.07, 6.45) is 0. The third kappa shape index (κ3) is 3.64. The third-order valence-corrected chi connectivity index (χ3v) is 2.99. The normalized spacial score (nSPS) is 10.4. The molecule has 0 aliphatic heterocycles. The van der Waals surface area contributed by atoms with Gasteiger partial charge >= 0.3 is 0 Å². The first kappa shape index (κ1) is 15.1. The standard InChI is InChI=1S/C16H15F2NO2/c1-21-10-9-19(15-8-7-13(17)11-14(15)18)16(20)12-5-3-2-4-6-12/h2-8,11H,9-10H2,1H3. The Bertz CT molecular complexity index is 617. The molecular weight excluding hydrogens is 276 g/mol. The molecule has 0 radical (unpaired) electrons. The van der Waals surface area contributed by atoms with Crippen molar-refractivity contribution < 1.29 is 18.3 Å². The number of halogens is 2. The van der Waals surface area contributed by atoms with Gasteiger partial charge in [0.15, 0.2) is 0 Å². The number of ether oxygens (including phenoxy) is 1. The molecule has 0 aromatic heterocycles. The molecule has 3 nitrogen and oxygen atoms in total. The van der Waals surface area contributed by atoms with Gasteiger partial charge in [-0.1, -0.05) is 18.2 Å². The van der Waals surface area contributed by atoms with E-state index in [0.29, 0.717) is 5.56 Å². The van der Waals surface area contributed by atoms with Crippen molar-refractivity contribution in [2.24, 2.45) is 0 Å². The monoisotopic (exact) mass is 291 g/mol. The molecule has 0 heterocycles. The second kappa shape index (κ2) is 6.95. The van der Waals surface area contributed by atoms with Gasteiger partial charge in [0.05, 0.1) is 12.3 Å². The zero-order chi connectivity index (χ0) is 15.2. The SMILES string of the molecule is COCCN(C(=O)c1ccccc1)c1ccc(F)cc1F. The number of hydrogen-bond donors (Lipinski definition) is 0. The molecule has 2 aromatic carbocycles. The maximum Gasteiger partial charge on any atom is 0.258 e. The van der Waals surface area contributed by atoms with Gasteiger partial charge in [0.2, 0.25) is 0 Å². The van der Waals surface area contributed by atoms with Crippen molar-refractivity contribution in [3.8, 4) is 0 Å². The third-order valence-electron chi connectivity index (χ3n) is 2.99. The van der Waals surface area contributed by atoms with E-state index < -0.39 is 11.6 Å². The van der Waals surface area contributed by atoms with E-state index in [0.717, 1.165) is 12.1 Å². The topological polar surface area (TPSA) is 29.5 Å². The molecule has 0 unspecified atom stereocenters. The van der Waals surface area contributed by atoms with Gasteiger partial charge in [-0.3, -0.25) is 4.79 Å². The smallest absolute Gasteiger partial charge is 0.258 e. The molecule has 0 N–H and O–H groups in total. The molecule has 0 fully saturated rings. The molecule has 0 aliphatic carbocycles. The largest absolute Gasteiger partial charge is 0.383 e. The average molecular weight is 291 g/mol. The van der Waals surface area contributed by atoms with Gasteiger partial charge in [-0.25, -0.2) is 8.78 Å². The van der Waals surface area contributed by atoms with Crippen molar-refractivity contribution in [2.45, 2.75) is 0 Å². The summed E-state index contributed by atoms with van der Waals surface area (Å²) in [6, 6.07) is 11.7. The van der Waals surface area contributed by atoms with Gasteiger partial charge in [-0.05, 0) is 24.3 Å². The van der Waals surface area contributed by atoms with Gasteiger partial charge in [-0.15, -0.1) is 0 Å². The Kier molecular flexibility index (Phi) is 5.00. The molecular formula is C16H15F2NO2. The van der Waals surface area contributed by atoms with E-state index in [4.69, 9.17) is 4.74 Å². The molecule has 0 bridgehead atoms. The summed E-state index contributed by atoms with van der Waals surface area (Å²) >= 11 is 0. The van der Waals surface area contributed by atoms with Crippen molar-refractivity contribution in [1.82, 2.24) is 0 Å². The summed E-state index contributed by atoms with van der Waals surface area (Å²) < 4.78 is 31.9. The van der Waals surface area contributed by atoms with Crippen LogP contribution in [0.3, 0.4) is 0 Å². The number of carbonyl (C=O) groups is 1. The molecule has 2 rings (SSSR count). The lowest BCUT2D eigenvalue weighted by Gasteiger charge is -2.23. The average Bonchev–Trinajstić information content (AvgIpc) is 2.50. The zero-order valence-electron chi connectivity index (χ0n) is 11.6. The molecule has 5 heteroatoms. The van der Waals surface area contributed by atoms with Crippen molar-refractivity contribution >= 4 is 11.6 Å². The first-order valence-corrected chi connectivity index (χ1v) is 6.44. The first-order chi connectivity index (χ1) is 10.1. The van der Waals surface area contributed by atoms with Crippen molar-refractivity contribution in [3.63, 3.8) is 0 Å². The van der Waals surface area contributed by atoms with Gasteiger partial charge in [0, 0.05) is 25.3 Å². The van der Waals surface area contributed by atoms with E-state index in [1.54, 1.807) is 30.3 Å². The summed E-state index contributed by atoms with van der Waals surface area (Å²) in [5.41, 5.74) is 0.458. The van der Waals surface area contributed by atoms with Crippen LogP contribution in [0, 0.1) is 11.6 Å². The molecule has 110 valence electrons. The summed E-state index contributed by atoms with van der Waals surface area (Å²) in [6.45, 7) is 0.419.